The summed E-state index contributed by atoms with van der Waals surface area (Å²) in [7, 11) is 0. The van der Waals surface area contributed by atoms with E-state index >= 15 is 0 Å². The van der Waals surface area contributed by atoms with Crippen LogP contribution in [0, 0.1) is 17.8 Å². The Kier molecular flexibility index (Phi) is 4.08. The lowest BCUT2D eigenvalue weighted by Crippen LogP contribution is -2.52. The molecule has 0 radical (unpaired) electrons. The van der Waals surface area contributed by atoms with E-state index in [9.17, 15) is 4.79 Å². The van der Waals surface area contributed by atoms with Crippen LogP contribution in [0.3, 0.4) is 0 Å². The van der Waals surface area contributed by atoms with Crippen molar-refractivity contribution >= 4 is 28.9 Å². The molecule has 2 aromatic rings. The zero-order chi connectivity index (χ0) is 16.7. The summed E-state index contributed by atoms with van der Waals surface area (Å²) in [6, 6.07) is 3.89. The van der Waals surface area contributed by atoms with Gasteiger partial charge in [-0.2, -0.15) is 4.98 Å². The van der Waals surface area contributed by atoms with Crippen molar-refractivity contribution in [1.82, 2.24) is 14.6 Å². The zero-order valence-electron chi connectivity index (χ0n) is 13.6. The maximum Gasteiger partial charge on any atom is 0.311 e. The molecule has 0 aliphatic heterocycles. The van der Waals surface area contributed by atoms with Gasteiger partial charge in [-0.05, 0) is 68.2 Å². The lowest BCUT2D eigenvalue weighted by atomic mass is 9.61. The maximum absolute atomic E-state index is 12.5. The van der Waals surface area contributed by atoms with Crippen molar-refractivity contribution in [3.8, 4) is 0 Å². The topological polar surface area (TPSA) is 68.5 Å². The first-order valence-electron chi connectivity index (χ1n) is 8.61. The summed E-state index contributed by atoms with van der Waals surface area (Å²) in [6.07, 6.45) is 6.35. The Hall–Kier alpha value is -1.82. The summed E-state index contributed by atoms with van der Waals surface area (Å²) in [5.74, 6) is 1.35. The van der Waals surface area contributed by atoms with Crippen molar-refractivity contribution in [3.63, 3.8) is 0 Å². The summed E-state index contributed by atoms with van der Waals surface area (Å²) >= 11 is 6.05. The second-order valence-electron chi connectivity index (χ2n) is 6.69. The molecule has 3 aliphatic rings. The molecule has 2 heterocycles. The average molecular weight is 349 g/mol. The third-order valence-electron chi connectivity index (χ3n) is 5.45. The number of halogens is 1. The summed E-state index contributed by atoms with van der Waals surface area (Å²) in [5, 5.41) is 7.86. The van der Waals surface area contributed by atoms with Gasteiger partial charge in [0.1, 0.15) is 5.52 Å². The highest BCUT2D eigenvalue weighted by atomic mass is 35.5. The monoisotopic (exact) mass is 348 g/mol. The smallest absolute Gasteiger partial charge is 0.311 e. The summed E-state index contributed by atoms with van der Waals surface area (Å²) in [4.78, 5) is 16.9. The van der Waals surface area contributed by atoms with E-state index in [0.29, 0.717) is 24.3 Å². The maximum atomic E-state index is 12.5. The quantitative estimate of drug-likeness (QED) is 0.859. The Labute approximate surface area is 145 Å². The standard InChI is InChI=1S/C17H21ClN4O2/c1-2-24-16(23)13-10-5-7-11(8-6-10)14(13)19-15-12-4-3-9-22(12)21-17(18)20-15/h3-4,9-11,13-14H,2,5-8H2,1H3,(H,19,20,21)/t10?,11?,13-,14-/m1/s1. The second-order valence-corrected chi connectivity index (χ2v) is 7.03. The van der Waals surface area contributed by atoms with Crippen molar-refractivity contribution in [2.75, 3.05) is 11.9 Å². The Bertz CT molecular complexity index is 754. The third kappa shape index (κ3) is 2.62. The van der Waals surface area contributed by atoms with Crippen LogP contribution in [0.2, 0.25) is 5.28 Å². The molecule has 24 heavy (non-hydrogen) atoms. The number of esters is 1. The fourth-order valence-corrected chi connectivity index (χ4v) is 4.57. The average Bonchev–Trinajstić information content (AvgIpc) is 3.04. The Balaban J connectivity index is 1.67. The van der Waals surface area contributed by atoms with Gasteiger partial charge in [0.25, 0.3) is 0 Å². The molecule has 0 spiro atoms. The van der Waals surface area contributed by atoms with E-state index in [4.69, 9.17) is 16.3 Å². The predicted molar refractivity (Wildman–Crippen MR) is 91.0 cm³/mol. The molecule has 3 saturated carbocycles. The highest BCUT2D eigenvalue weighted by Crippen LogP contribution is 2.46. The van der Waals surface area contributed by atoms with Crippen molar-refractivity contribution < 1.29 is 9.53 Å². The van der Waals surface area contributed by atoms with Gasteiger partial charge in [0.05, 0.1) is 12.5 Å². The first-order chi connectivity index (χ1) is 11.7. The first-order valence-corrected chi connectivity index (χ1v) is 8.99. The largest absolute Gasteiger partial charge is 0.466 e. The summed E-state index contributed by atoms with van der Waals surface area (Å²) < 4.78 is 7.06. The van der Waals surface area contributed by atoms with Crippen LogP contribution in [0.1, 0.15) is 32.6 Å². The van der Waals surface area contributed by atoms with Crippen LogP contribution in [0.4, 0.5) is 5.82 Å². The third-order valence-corrected chi connectivity index (χ3v) is 5.61. The fourth-order valence-electron chi connectivity index (χ4n) is 4.41. The fraction of sp³-hybridized carbons (Fsp3) is 0.588. The van der Waals surface area contributed by atoms with Crippen molar-refractivity contribution in [3.05, 3.63) is 23.6 Å². The Morgan fingerprint density at radius 2 is 2.12 bits per heavy atom. The molecule has 5 rings (SSSR count). The number of nitrogens with one attached hydrogen (secondary N) is 1. The van der Waals surface area contributed by atoms with Gasteiger partial charge in [-0.25, -0.2) is 4.52 Å². The van der Waals surface area contributed by atoms with Crippen molar-refractivity contribution in [2.24, 2.45) is 17.8 Å². The zero-order valence-corrected chi connectivity index (χ0v) is 14.4. The molecule has 0 amide bonds. The van der Waals surface area contributed by atoms with E-state index in [0.717, 1.165) is 31.2 Å². The van der Waals surface area contributed by atoms with Gasteiger partial charge in [-0.1, -0.05) is 0 Å². The number of hydrogen-bond donors (Lipinski definition) is 1. The van der Waals surface area contributed by atoms with E-state index in [1.807, 2.05) is 25.3 Å². The summed E-state index contributed by atoms with van der Waals surface area (Å²) in [5.41, 5.74) is 0.864. The molecular weight excluding hydrogens is 328 g/mol. The van der Waals surface area contributed by atoms with Gasteiger partial charge in [-0.15, -0.1) is 5.10 Å². The lowest BCUT2D eigenvalue weighted by molar-refractivity contribution is -0.154. The second kappa shape index (κ2) is 6.24. The van der Waals surface area contributed by atoms with Gasteiger partial charge in [0.15, 0.2) is 5.82 Å². The lowest BCUT2D eigenvalue weighted by Gasteiger charge is -2.47. The molecule has 0 saturated heterocycles. The highest BCUT2D eigenvalue weighted by molar-refractivity contribution is 6.28. The van der Waals surface area contributed by atoms with Gasteiger partial charge in [0, 0.05) is 12.2 Å². The molecule has 2 bridgehead atoms. The van der Waals surface area contributed by atoms with Crippen molar-refractivity contribution in [1.29, 1.82) is 0 Å². The van der Waals surface area contributed by atoms with E-state index in [-0.39, 0.29) is 23.2 Å². The number of aromatic nitrogens is 3. The van der Waals surface area contributed by atoms with E-state index in [2.05, 4.69) is 15.4 Å². The first kappa shape index (κ1) is 15.7. The van der Waals surface area contributed by atoms with E-state index in [1.165, 1.54) is 0 Å². The minimum atomic E-state index is -0.110. The van der Waals surface area contributed by atoms with Gasteiger partial charge in [-0.3, -0.25) is 4.79 Å². The number of carbonyl (C=O) groups excluding carboxylic acids is 1. The molecule has 0 aromatic carbocycles. The Morgan fingerprint density at radius 1 is 1.38 bits per heavy atom. The van der Waals surface area contributed by atoms with Crippen LogP contribution < -0.4 is 5.32 Å². The number of carbonyl (C=O) groups is 1. The van der Waals surface area contributed by atoms with Gasteiger partial charge in [0.2, 0.25) is 5.28 Å². The van der Waals surface area contributed by atoms with Crippen LogP contribution in [-0.4, -0.2) is 33.2 Å². The van der Waals surface area contributed by atoms with Crippen LogP contribution in [0.5, 0.6) is 0 Å². The van der Waals surface area contributed by atoms with Gasteiger partial charge >= 0.3 is 5.97 Å². The predicted octanol–water partition coefficient (Wildman–Crippen LogP) is 3.16. The highest BCUT2D eigenvalue weighted by Gasteiger charge is 2.48. The Morgan fingerprint density at radius 3 is 2.88 bits per heavy atom. The summed E-state index contributed by atoms with van der Waals surface area (Å²) in [6.45, 7) is 2.28. The normalized spacial score (nSPS) is 28.9. The van der Waals surface area contributed by atoms with Gasteiger partial charge < -0.3 is 10.1 Å². The number of rotatable bonds is 4. The number of hydrogen-bond acceptors (Lipinski definition) is 5. The number of fused-ring (bicyclic) bond motifs is 4. The van der Waals surface area contributed by atoms with Crippen LogP contribution in [0.25, 0.3) is 5.52 Å². The molecule has 2 aromatic heterocycles. The number of ether oxygens (including phenoxy) is 1. The molecular formula is C17H21ClN4O2. The molecule has 6 nitrogen and oxygen atoms in total. The number of anilines is 1. The molecule has 3 aliphatic carbocycles. The molecule has 0 unspecified atom stereocenters. The molecule has 7 heteroatoms. The molecule has 128 valence electrons. The SMILES string of the molecule is CCOC(=O)[C@@H]1C2CCC(CC2)[C@H]1Nc1nc(Cl)nn2cccc12. The van der Waals surface area contributed by atoms with E-state index in [1.54, 1.807) is 4.52 Å². The molecule has 2 atom stereocenters. The minimum absolute atomic E-state index is 0.0428. The van der Waals surface area contributed by atoms with E-state index < -0.39 is 0 Å². The number of nitrogens with zero attached hydrogens (tertiary/aromatic N) is 3. The minimum Gasteiger partial charge on any atom is -0.466 e. The van der Waals surface area contributed by atoms with Crippen molar-refractivity contribution in [2.45, 2.75) is 38.6 Å². The van der Waals surface area contributed by atoms with Crippen LogP contribution in [0.15, 0.2) is 18.3 Å². The molecule has 3 fully saturated rings. The van der Waals surface area contributed by atoms with Crippen LogP contribution in [-0.2, 0) is 9.53 Å². The molecule has 1 N–H and O–H groups in total. The van der Waals surface area contributed by atoms with Crippen LogP contribution >= 0.6 is 11.6 Å².